The monoisotopic (exact) mass is 267 g/mol. The van der Waals surface area contributed by atoms with E-state index in [1.165, 1.54) is 0 Å². The first kappa shape index (κ1) is 13.6. The van der Waals surface area contributed by atoms with E-state index >= 15 is 0 Å². The van der Waals surface area contributed by atoms with Gasteiger partial charge < -0.3 is 5.73 Å². The van der Waals surface area contributed by atoms with Gasteiger partial charge in [-0.15, -0.1) is 0 Å². The highest BCUT2D eigenvalue weighted by Gasteiger charge is 2.31. The Balaban J connectivity index is 2.27. The van der Waals surface area contributed by atoms with Crippen molar-refractivity contribution in [2.45, 2.75) is 55.7 Å². The van der Waals surface area contributed by atoms with Crippen LogP contribution in [-0.2, 0) is 9.84 Å². The number of benzene rings is 1. The average Bonchev–Trinajstić information content (AvgIpc) is 2.33. The molecule has 1 aromatic carbocycles. The van der Waals surface area contributed by atoms with E-state index in [-0.39, 0.29) is 11.3 Å². The largest absolute Gasteiger partial charge is 0.328 e. The molecule has 0 aliphatic heterocycles. The molecule has 100 valence electrons. The quantitative estimate of drug-likeness (QED) is 0.894. The highest BCUT2D eigenvalue weighted by molar-refractivity contribution is 7.92. The number of nitrogens with two attached hydrogens (primary N) is 1. The van der Waals surface area contributed by atoms with Gasteiger partial charge in [0.2, 0.25) is 0 Å². The summed E-state index contributed by atoms with van der Waals surface area (Å²) in [6.07, 6.45) is 3.01. The predicted octanol–water partition coefficient (Wildman–Crippen LogP) is 2.35. The molecule has 0 unspecified atom stereocenters. The van der Waals surface area contributed by atoms with Crippen molar-refractivity contribution in [1.29, 1.82) is 0 Å². The van der Waals surface area contributed by atoms with E-state index < -0.39 is 9.84 Å². The van der Waals surface area contributed by atoms with E-state index in [2.05, 4.69) is 0 Å². The molecule has 0 radical (unpaired) electrons. The van der Waals surface area contributed by atoms with Gasteiger partial charge in [-0.2, -0.15) is 0 Å². The third kappa shape index (κ3) is 2.59. The van der Waals surface area contributed by atoms with Crippen LogP contribution in [0.3, 0.4) is 0 Å². The van der Waals surface area contributed by atoms with Gasteiger partial charge in [0.15, 0.2) is 9.84 Å². The first-order chi connectivity index (χ1) is 8.41. The number of rotatable bonds is 2. The summed E-state index contributed by atoms with van der Waals surface area (Å²) in [4.78, 5) is 0.464. The summed E-state index contributed by atoms with van der Waals surface area (Å²) in [6.45, 7) is 3.94. The smallest absolute Gasteiger partial charge is 0.181 e. The van der Waals surface area contributed by atoms with Crippen LogP contribution in [0, 0.1) is 13.8 Å². The standard InChI is InChI=1S/C14H21NO2S/c1-10-3-6-14(9-11(10)2)18(16,17)13-7-4-12(15)5-8-13/h3,6,9,12-13H,4-5,7-8,15H2,1-2H3. The Morgan fingerprint density at radius 1 is 1.06 bits per heavy atom. The minimum absolute atomic E-state index is 0.177. The van der Waals surface area contributed by atoms with Crippen molar-refractivity contribution in [3.05, 3.63) is 29.3 Å². The topological polar surface area (TPSA) is 60.2 Å². The zero-order valence-corrected chi connectivity index (χ0v) is 11.8. The van der Waals surface area contributed by atoms with Gasteiger partial charge in [-0.25, -0.2) is 8.42 Å². The fourth-order valence-electron chi connectivity index (χ4n) is 2.48. The first-order valence-corrected chi connectivity index (χ1v) is 8.02. The molecule has 18 heavy (non-hydrogen) atoms. The lowest BCUT2D eigenvalue weighted by Gasteiger charge is -2.26. The van der Waals surface area contributed by atoms with Crippen LogP contribution in [-0.4, -0.2) is 19.7 Å². The highest BCUT2D eigenvalue weighted by Crippen LogP contribution is 2.29. The molecule has 0 amide bonds. The molecule has 0 heterocycles. The Bertz CT molecular complexity index is 529. The molecule has 2 rings (SSSR count). The third-order valence-electron chi connectivity index (χ3n) is 3.96. The zero-order valence-electron chi connectivity index (χ0n) is 11.0. The second kappa shape index (κ2) is 5.02. The summed E-state index contributed by atoms with van der Waals surface area (Å²) in [6, 6.07) is 5.58. The van der Waals surface area contributed by atoms with Crippen molar-refractivity contribution >= 4 is 9.84 Å². The second-order valence-corrected chi connectivity index (χ2v) is 7.56. The Kier molecular flexibility index (Phi) is 3.78. The molecule has 0 saturated heterocycles. The van der Waals surface area contributed by atoms with E-state index in [0.29, 0.717) is 17.7 Å². The van der Waals surface area contributed by atoms with E-state index in [0.717, 1.165) is 24.0 Å². The van der Waals surface area contributed by atoms with Gasteiger partial charge in [-0.3, -0.25) is 0 Å². The maximum atomic E-state index is 12.5. The van der Waals surface area contributed by atoms with Gasteiger partial charge in [0.05, 0.1) is 10.1 Å². The Hall–Kier alpha value is -0.870. The molecule has 3 nitrogen and oxygen atoms in total. The summed E-state index contributed by atoms with van der Waals surface area (Å²) >= 11 is 0. The Morgan fingerprint density at radius 2 is 1.67 bits per heavy atom. The van der Waals surface area contributed by atoms with Gasteiger partial charge in [0.25, 0.3) is 0 Å². The van der Waals surface area contributed by atoms with Gasteiger partial charge in [-0.05, 0) is 62.8 Å². The first-order valence-electron chi connectivity index (χ1n) is 6.48. The number of hydrogen-bond acceptors (Lipinski definition) is 3. The normalized spacial score (nSPS) is 25.1. The Labute approximate surface area is 109 Å². The molecule has 1 aliphatic carbocycles. The predicted molar refractivity (Wildman–Crippen MR) is 73.3 cm³/mol. The van der Waals surface area contributed by atoms with Crippen LogP contribution in [0.4, 0.5) is 0 Å². The maximum Gasteiger partial charge on any atom is 0.181 e. The minimum Gasteiger partial charge on any atom is -0.328 e. The minimum atomic E-state index is -3.18. The van der Waals surface area contributed by atoms with Gasteiger partial charge in [-0.1, -0.05) is 6.07 Å². The summed E-state index contributed by atoms with van der Waals surface area (Å²) in [7, 11) is -3.18. The van der Waals surface area contributed by atoms with Crippen molar-refractivity contribution in [3.8, 4) is 0 Å². The lowest BCUT2D eigenvalue weighted by Crippen LogP contribution is -2.33. The van der Waals surface area contributed by atoms with Gasteiger partial charge >= 0.3 is 0 Å². The average molecular weight is 267 g/mol. The molecule has 1 saturated carbocycles. The van der Waals surface area contributed by atoms with Crippen molar-refractivity contribution in [2.24, 2.45) is 5.73 Å². The van der Waals surface area contributed by atoms with E-state index in [1.807, 2.05) is 19.9 Å². The molecule has 1 aromatic rings. The summed E-state index contributed by atoms with van der Waals surface area (Å²) in [5, 5.41) is -0.251. The maximum absolute atomic E-state index is 12.5. The summed E-state index contributed by atoms with van der Waals surface area (Å²) in [5.74, 6) is 0. The van der Waals surface area contributed by atoms with Crippen LogP contribution >= 0.6 is 0 Å². The summed E-state index contributed by atoms with van der Waals surface area (Å²) < 4.78 is 25.0. The number of aryl methyl sites for hydroxylation is 2. The lowest BCUT2D eigenvalue weighted by molar-refractivity contribution is 0.433. The molecular formula is C14H21NO2S. The second-order valence-electron chi connectivity index (χ2n) is 5.33. The molecule has 1 fully saturated rings. The van der Waals surface area contributed by atoms with Crippen molar-refractivity contribution in [3.63, 3.8) is 0 Å². The van der Waals surface area contributed by atoms with Crippen LogP contribution in [0.25, 0.3) is 0 Å². The molecule has 0 aromatic heterocycles. The molecule has 0 spiro atoms. The van der Waals surface area contributed by atoms with Crippen LogP contribution in [0.1, 0.15) is 36.8 Å². The fourth-order valence-corrected chi connectivity index (χ4v) is 4.36. The van der Waals surface area contributed by atoms with Crippen molar-refractivity contribution in [1.82, 2.24) is 0 Å². The van der Waals surface area contributed by atoms with E-state index in [1.54, 1.807) is 12.1 Å². The fraction of sp³-hybridized carbons (Fsp3) is 0.571. The number of sulfone groups is 1. The molecule has 0 bridgehead atoms. The van der Waals surface area contributed by atoms with Crippen molar-refractivity contribution in [2.75, 3.05) is 0 Å². The third-order valence-corrected chi connectivity index (χ3v) is 6.22. The molecule has 1 aliphatic rings. The molecule has 4 heteroatoms. The van der Waals surface area contributed by atoms with E-state index in [9.17, 15) is 8.42 Å². The zero-order chi connectivity index (χ0) is 13.3. The molecule has 0 atom stereocenters. The van der Waals surface area contributed by atoms with E-state index in [4.69, 9.17) is 5.73 Å². The highest BCUT2D eigenvalue weighted by atomic mass is 32.2. The van der Waals surface area contributed by atoms with Crippen molar-refractivity contribution < 1.29 is 8.42 Å². The van der Waals surface area contributed by atoms with Crippen LogP contribution in [0.5, 0.6) is 0 Å². The van der Waals surface area contributed by atoms with Crippen LogP contribution < -0.4 is 5.73 Å². The Morgan fingerprint density at radius 3 is 2.22 bits per heavy atom. The van der Waals surface area contributed by atoms with Crippen LogP contribution in [0.15, 0.2) is 23.1 Å². The summed E-state index contributed by atoms with van der Waals surface area (Å²) in [5.41, 5.74) is 7.98. The van der Waals surface area contributed by atoms with Crippen LogP contribution in [0.2, 0.25) is 0 Å². The SMILES string of the molecule is Cc1ccc(S(=O)(=O)C2CCC(N)CC2)cc1C. The van der Waals surface area contributed by atoms with Gasteiger partial charge in [0, 0.05) is 6.04 Å². The number of hydrogen-bond donors (Lipinski definition) is 1. The molecular weight excluding hydrogens is 246 g/mol. The lowest BCUT2D eigenvalue weighted by atomic mass is 9.96. The molecule has 2 N–H and O–H groups in total. The van der Waals surface area contributed by atoms with Gasteiger partial charge in [0.1, 0.15) is 0 Å².